The number of para-hydroxylation sites is 1. The molecular formula is C17H13BrN2O4S. The summed E-state index contributed by atoms with van der Waals surface area (Å²) in [5, 5.41) is 13.2. The first kappa shape index (κ1) is 17.2. The molecule has 3 rings (SSSR count). The molecule has 0 aliphatic carbocycles. The van der Waals surface area contributed by atoms with Crippen LogP contribution in [0.3, 0.4) is 0 Å². The normalized spacial score (nSPS) is 11.2. The van der Waals surface area contributed by atoms with E-state index in [4.69, 9.17) is 0 Å². The fourth-order valence-electron chi connectivity index (χ4n) is 2.37. The second kappa shape index (κ2) is 6.73. The van der Waals surface area contributed by atoms with E-state index in [1.807, 2.05) is 4.72 Å². The van der Waals surface area contributed by atoms with E-state index in [0.717, 1.165) is 6.07 Å². The Morgan fingerprint density at radius 2 is 1.68 bits per heavy atom. The number of amides is 2. The smallest absolute Gasteiger partial charge is 0.333 e. The minimum atomic E-state index is -4.18. The molecule has 128 valence electrons. The maximum atomic E-state index is 12.6. The molecule has 0 aliphatic heterocycles. The fourth-order valence-corrected chi connectivity index (χ4v) is 3.91. The number of anilines is 1. The molecule has 6 nitrogen and oxygen atoms in total. The minimum absolute atomic E-state index is 0.176. The first-order valence-corrected chi connectivity index (χ1v) is 9.44. The van der Waals surface area contributed by atoms with Crippen LogP contribution in [-0.4, -0.2) is 19.6 Å². The first-order valence-electron chi connectivity index (χ1n) is 7.17. The number of hydrogen-bond acceptors (Lipinski definition) is 4. The topological polar surface area (TPSA) is 95.5 Å². The van der Waals surface area contributed by atoms with Gasteiger partial charge in [-0.2, -0.15) is 0 Å². The zero-order valence-corrected chi connectivity index (χ0v) is 15.1. The van der Waals surface area contributed by atoms with E-state index in [2.05, 4.69) is 21.2 Å². The van der Waals surface area contributed by atoms with Crippen LogP contribution in [0.4, 0.5) is 10.5 Å². The highest BCUT2D eigenvalue weighted by molar-refractivity contribution is 9.10. The Labute approximate surface area is 152 Å². The van der Waals surface area contributed by atoms with Crippen molar-refractivity contribution in [1.29, 1.82) is 0 Å². The van der Waals surface area contributed by atoms with Crippen molar-refractivity contribution in [2.75, 3.05) is 5.32 Å². The van der Waals surface area contributed by atoms with Crippen LogP contribution < -0.4 is 10.0 Å². The lowest BCUT2D eigenvalue weighted by Gasteiger charge is -2.12. The summed E-state index contributed by atoms with van der Waals surface area (Å²) in [5.41, 5.74) is 0.427. The number of fused-ring (bicyclic) bond motifs is 1. The van der Waals surface area contributed by atoms with Crippen LogP contribution in [-0.2, 0) is 10.0 Å². The number of phenols is 1. The van der Waals surface area contributed by atoms with E-state index in [1.54, 1.807) is 48.5 Å². The van der Waals surface area contributed by atoms with Crippen LogP contribution in [0, 0.1) is 0 Å². The molecule has 3 aromatic carbocycles. The molecule has 2 amide bonds. The molecule has 25 heavy (non-hydrogen) atoms. The van der Waals surface area contributed by atoms with Crippen LogP contribution in [0.5, 0.6) is 5.75 Å². The van der Waals surface area contributed by atoms with Crippen LogP contribution in [0.15, 0.2) is 70.0 Å². The Kier molecular flexibility index (Phi) is 4.65. The minimum Gasteiger partial charge on any atom is -0.508 e. The molecule has 0 fully saturated rings. The number of nitrogens with one attached hydrogen (secondary N) is 2. The van der Waals surface area contributed by atoms with Crippen molar-refractivity contribution < 1.29 is 18.3 Å². The zero-order valence-electron chi connectivity index (χ0n) is 12.7. The predicted octanol–water partition coefficient (Wildman–Crippen LogP) is 3.82. The number of urea groups is 1. The Bertz CT molecular complexity index is 1070. The zero-order chi connectivity index (χ0) is 18.0. The SMILES string of the molecule is O=C(Nc1ccccc1Br)NS(=O)(=O)c1cc(O)cc2ccccc12. The quantitative estimate of drug-likeness (QED) is 0.599. The summed E-state index contributed by atoms with van der Waals surface area (Å²) in [4.78, 5) is 11.9. The summed E-state index contributed by atoms with van der Waals surface area (Å²) in [7, 11) is -4.18. The number of aromatic hydroxyl groups is 1. The molecule has 0 heterocycles. The molecule has 3 aromatic rings. The van der Waals surface area contributed by atoms with Crippen molar-refractivity contribution in [2.45, 2.75) is 4.90 Å². The summed E-state index contributed by atoms with van der Waals surface area (Å²) in [6.45, 7) is 0. The number of carbonyl (C=O) groups excluding carboxylic acids is 1. The molecule has 3 N–H and O–H groups in total. The van der Waals surface area contributed by atoms with E-state index in [9.17, 15) is 18.3 Å². The van der Waals surface area contributed by atoms with Gasteiger partial charge in [0.1, 0.15) is 5.75 Å². The van der Waals surface area contributed by atoms with Crippen molar-refractivity contribution in [3.63, 3.8) is 0 Å². The molecule has 0 saturated heterocycles. The molecular weight excluding hydrogens is 408 g/mol. The Balaban J connectivity index is 1.92. The largest absolute Gasteiger partial charge is 0.508 e. The molecule has 0 bridgehead atoms. The van der Waals surface area contributed by atoms with E-state index in [-0.39, 0.29) is 10.6 Å². The van der Waals surface area contributed by atoms with Crippen molar-refractivity contribution in [1.82, 2.24) is 4.72 Å². The molecule has 0 aliphatic rings. The summed E-state index contributed by atoms with van der Waals surface area (Å²) in [5.74, 6) is -0.203. The van der Waals surface area contributed by atoms with Crippen molar-refractivity contribution in [3.05, 3.63) is 65.1 Å². The Hall–Kier alpha value is -2.58. The molecule has 0 atom stereocenters. The molecule has 0 unspecified atom stereocenters. The standard InChI is InChI=1S/C17H13BrN2O4S/c18-14-7-3-4-8-15(14)19-17(22)20-25(23,24)16-10-12(21)9-11-5-1-2-6-13(11)16/h1-10,21H,(H2,19,20,22). The summed E-state index contributed by atoms with van der Waals surface area (Å²) in [6, 6.07) is 15.2. The number of phenolic OH excluding ortho intramolecular Hbond substituents is 1. The second-order valence-corrected chi connectivity index (χ2v) is 7.71. The summed E-state index contributed by atoms with van der Waals surface area (Å²) >= 11 is 3.27. The van der Waals surface area contributed by atoms with Gasteiger partial charge in [0, 0.05) is 15.9 Å². The van der Waals surface area contributed by atoms with E-state index >= 15 is 0 Å². The van der Waals surface area contributed by atoms with Gasteiger partial charge in [-0.25, -0.2) is 17.9 Å². The maximum Gasteiger partial charge on any atom is 0.333 e. The lowest BCUT2D eigenvalue weighted by Crippen LogP contribution is -2.34. The van der Waals surface area contributed by atoms with Gasteiger partial charge >= 0.3 is 6.03 Å². The fraction of sp³-hybridized carbons (Fsp3) is 0. The predicted molar refractivity (Wildman–Crippen MR) is 99.1 cm³/mol. The lowest BCUT2D eigenvalue weighted by atomic mass is 10.1. The average Bonchev–Trinajstić information content (AvgIpc) is 2.55. The second-order valence-electron chi connectivity index (χ2n) is 5.20. The van der Waals surface area contributed by atoms with Crippen LogP contribution in [0.25, 0.3) is 10.8 Å². The van der Waals surface area contributed by atoms with Gasteiger partial charge in [0.15, 0.2) is 0 Å². The molecule has 0 spiro atoms. The molecule has 0 radical (unpaired) electrons. The van der Waals surface area contributed by atoms with Gasteiger partial charge in [-0.05, 0) is 39.5 Å². The number of benzene rings is 3. The first-order chi connectivity index (χ1) is 11.9. The van der Waals surface area contributed by atoms with Crippen molar-refractivity contribution >= 4 is 48.4 Å². The third kappa shape index (κ3) is 3.75. The Morgan fingerprint density at radius 1 is 1.00 bits per heavy atom. The maximum absolute atomic E-state index is 12.6. The monoisotopic (exact) mass is 420 g/mol. The van der Waals surface area contributed by atoms with Gasteiger partial charge in [0.05, 0.1) is 10.6 Å². The highest BCUT2D eigenvalue weighted by atomic mass is 79.9. The summed E-state index contributed by atoms with van der Waals surface area (Å²) < 4.78 is 27.8. The van der Waals surface area contributed by atoms with Gasteiger partial charge in [0.25, 0.3) is 10.0 Å². The highest BCUT2D eigenvalue weighted by Gasteiger charge is 2.21. The van der Waals surface area contributed by atoms with Gasteiger partial charge < -0.3 is 10.4 Å². The molecule has 0 saturated carbocycles. The third-order valence-corrected chi connectivity index (χ3v) is 5.51. The van der Waals surface area contributed by atoms with Gasteiger partial charge in [0.2, 0.25) is 0 Å². The highest BCUT2D eigenvalue weighted by Crippen LogP contribution is 2.28. The van der Waals surface area contributed by atoms with Gasteiger partial charge in [-0.3, -0.25) is 0 Å². The summed E-state index contributed by atoms with van der Waals surface area (Å²) in [6.07, 6.45) is 0. The van der Waals surface area contributed by atoms with Crippen molar-refractivity contribution in [2.24, 2.45) is 0 Å². The number of carbonyl (C=O) groups is 1. The number of halogens is 1. The molecule has 0 aromatic heterocycles. The average molecular weight is 421 g/mol. The Morgan fingerprint density at radius 3 is 2.44 bits per heavy atom. The van der Waals surface area contributed by atoms with Gasteiger partial charge in [-0.1, -0.05) is 36.4 Å². The van der Waals surface area contributed by atoms with Crippen LogP contribution in [0.1, 0.15) is 0 Å². The van der Waals surface area contributed by atoms with Crippen molar-refractivity contribution in [3.8, 4) is 5.75 Å². The van der Waals surface area contributed by atoms with E-state index in [1.165, 1.54) is 6.07 Å². The van der Waals surface area contributed by atoms with Crippen LogP contribution in [0.2, 0.25) is 0 Å². The van der Waals surface area contributed by atoms with Crippen LogP contribution >= 0.6 is 15.9 Å². The number of rotatable bonds is 3. The number of sulfonamides is 1. The van der Waals surface area contributed by atoms with E-state index < -0.39 is 16.1 Å². The van der Waals surface area contributed by atoms with E-state index in [0.29, 0.717) is 20.9 Å². The third-order valence-electron chi connectivity index (χ3n) is 3.45. The number of hydrogen-bond donors (Lipinski definition) is 3. The molecule has 8 heteroatoms. The lowest BCUT2D eigenvalue weighted by molar-refractivity contribution is 0.256. The van der Waals surface area contributed by atoms with Gasteiger partial charge in [-0.15, -0.1) is 0 Å².